The van der Waals surface area contributed by atoms with Gasteiger partial charge >= 0.3 is 4.87 Å². The van der Waals surface area contributed by atoms with Crippen LogP contribution >= 0.6 is 27.3 Å². The molecule has 1 aromatic heterocycles. The van der Waals surface area contributed by atoms with E-state index in [4.69, 9.17) is 0 Å². The molecule has 0 aliphatic rings. The van der Waals surface area contributed by atoms with Gasteiger partial charge in [-0.2, -0.15) is 0 Å². The van der Waals surface area contributed by atoms with Crippen LogP contribution in [0.1, 0.15) is 10.4 Å². The molecular formula is C11H8BrNO2S. The predicted octanol–water partition coefficient (Wildman–Crippen LogP) is 2.56. The van der Waals surface area contributed by atoms with Gasteiger partial charge < -0.3 is 0 Å². The number of halogens is 1. The van der Waals surface area contributed by atoms with Crippen LogP contribution in [0.25, 0.3) is 0 Å². The summed E-state index contributed by atoms with van der Waals surface area (Å²) >= 11 is 4.39. The fourth-order valence-electron chi connectivity index (χ4n) is 1.29. The van der Waals surface area contributed by atoms with E-state index in [2.05, 4.69) is 15.9 Å². The molecule has 2 aromatic rings. The number of carbonyl (C=O) groups is 1. The number of nitrogens with zero attached hydrogens (tertiary/aromatic N) is 1. The van der Waals surface area contributed by atoms with E-state index >= 15 is 0 Å². The fraction of sp³-hybridized carbons (Fsp3) is 0.0909. The van der Waals surface area contributed by atoms with Gasteiger partial charge in [-0.3, -0.25) is 14.2 Å². The minimum Gasteiger partial charge on any atom is -0.298 e. The Hall–Kier alpha value is -1.20. The zero-order chi connectivity index (χ0) is 11.5. The van der Waals surface area contributed by atoms with Crippen LogP contribution in [0, 0.1) is 0 Å². The second-order valence-corrected chi connectivity index (χ2v) is 5.00. The second kappa shape index (κ2) is 4.76. The number of hydrogen-bond donors (Lipinski definition) is 0. The highest BCUT2D eigenvalue weighted by atomic mass is 79.9. The lowest BCUT2D eigenvalue weighted by atomic mass is 10.1. The maximum absolute atomic E-state index is 11.8. The third kappa shape index (κ3) is 2.48. The molecule has 16 heavy (non-hydrogen) atoms. The number of thiazole rings is 1. The van der Waals surface area contributed by atoms with Crippen molar-refractivity contribution in [3.8, 4) is 0 Å². The molecule has 0 saturated carbocycles. The first kappa shape index (κ1) is 11.3. The van der Waals surface area contributed by atoms with Gasteiger partial charge in [-0.25, -0.2) is 0 Å². The monoisotopic (exact) mass is 297 g/mol. The van der Waals surface area contributed by atoms with E-state index in [9.17, 15) is 9.59 Å². The van der Waals surface area contributed by atoms with Crippen molar-refractivity contribution in [1.82, 2.24) is 4.57 Å². The highest BCUT2D eigenvalue weighted by Gasteiger charge is 2.07. The standard InChI is InChI=1S/C11H8BrNO2S/c12-9-3-1-8(2-4-9)10(14)7-13-5-6-16-11(13)15/h1-6H,7H2. The molecule has 82 valence electrons. The Morgan fingerprint density at radius 1 is 1.31 bits per heavy atom. The molecule has 1 aromatic carbocycles. The summed E-state index contributed by atoms with van der Waals surface area (Å²) in [5.41, 5.74) is 0.612. The quantitative estimate of drug-likeness (QED) is 0.817. The molecule has 3 nitrogen and oxygen atoms in total. The third-order valence-electron chi connectivity index (χ3n) is 2.12. The molecular weight excluding hydrogens is 290 g/mol. The van der Waals surface area contributed by atoms with E-state index in [-0.39, 0.29) is 17.2 Å². The largest absolute Gasteiger partial charge is 0.307 e. The number of aromatic nitrogens is 1. The molecule has 0 amide bonds. The average Bonchev–Trinajstić information content (AvgIpc) is 2.65. The number of hydrogen-bond acceptors (Lipinski definition) is 3. The van der Waals surface area contributed by atoms with Gasteiger partial charge in [0.1, 0.15) is 0 Å². The van der Waals surface area contributed by atoms with Crippen molar-refractivity contribution < 1.29 is 4.79 Å². The zero-order valence-corrected chi connectivity index (χ0v) is 10.6. The first-order valence-corrected chi connectivity index (χ1v) is 6.27. The molecule has 0 radical (unpaired) electrons. The van der Waals surface area contributed by atoms with E-state index in [1.54, 1.807) is 23.7 Å². The Labute approximate surface area is 104 Å². The van der Waals surface area contributed by atoms with Gasteiger partial charge in [0, 0.05) is 21.6 Å². The van der Waals surface area contributed by atoms with E-state index in [0.717, 1.165) is 15.8 Å². The number of Topliss-reactive ketones (excluding diaryl/α,β-unsaturated/α-hetero) is 1. The van der Waals surface area contributed by atoms with Crippen LogP contribution < -0.4 is 4.87 Å². The lowest BCUT2D eigenvalue weighted by molar-refractivity contribution is 0.0971. The van der Waals surface area contributed by atoms with Crippen molar-refractivity contribution in [2.24, 2.45) is 0 Å². The average molecular weight is 298 g/mol. The van der Waals surface area contributed by atoms with Gasteiger partial charge in [0.2, 0.25) is 0 Å². The van der Waals surface area contributed by atoms with Gasteiger partial charge in [0.05, 0.1) is 6.54 Å². The molecule has 0 aliphatic carbocycles. The summed E-state index contributed by atoms with van der Waals surface area (Å²) in [4.78, 5) is 23.0. The molecule has 0 unspecified atom stereocenters. The van der Waals surface area contributed by atoms with Crippen LogP contribution in [0.4, 0.5) is 0 Å². The Morgan fingerprint density at radius 2 is 2.00 bits per heavy atom. The smallest absolute Gasteiger partial charge is 0.298 e. The summed E-state index contributed by atoms with van der Waals surface area (Å²) in [6, 6.07) is 7.10. The van der Waals surface area contributed by atoms with Crippen molar-refractivity contribution >= 4 is 33.0 Å². The molecule has 5 heteroatoms. The molecule has 2 rings (SSSR count). The van der Waals surface area contributed by atoms with Crippen LogP contribution in [-0.2, 0) is 6.54 Å². The van der Waals surface area contributed by atoms with Gasteiger partial charge in [-0.1, -0.05) is 39.4 Å². The Balaban J connectivity index is 2.18. The molecule has 0 atom stereocenters. The number of carbonyl (C=O) groups excluding carboxylic acids is 1. The number of rotatable bonds is 3. The third-order valence-corrected chi connectivity index (χ3v) is 3.35. The van der Waals surface area contributed by atoms with Crippen molar-refractivity contribution in [3.05, 3.63) is 55.5 Å². The second-order valence-electron chi connectivity index (χ2n) is 3.23. The number of ketones is 1. The van der Waals surface area contributed by atoms with Gasteiger partial charge in [-0.15, -0.1) is 0 Å². The molecule has 0 bridgehead atoms. The first-order chi connectivity index (χ1) is 7.66. The topological polar surface area (TPSA) is 39.1 Å². The summed E-state index contributed by atoms with van der Waals surface area (Å²) in [7, 11) is 0. The molecule has 0 saturated heterocycles. The van der Waals surface area contributed by atoms with Crippen molar-refractivity contribution in [2.75, 3.05) is 0 Å². The van der Waals surface area contributed by atoms with Crippen molar-refractivity contribution in [1.29, 1.82) is 0 Å². The highest BCUT2D eigenvalue weighted by Crippen LogP contribution is 2.11. The van der Waals surface area contributed by atoms with Crippen molar-refractivity contribution in [3.63, 3.8) is 0 Å². The predicted molar refractivity (Wildman–Crippen MR) is 67.1 cm³/mol. The van der Waals surface area contributed by atoms with E-state index in [0.29, 0.717) is 5.56 Å². The molecule has 0 spiro atoms. The van der Waals surface area contributed by atoms with Crippen LogP contribution in [0.15, 0.2) is 45.1 Å². The minimum absolute atomic E-state index is 0.0620. The van der Waals surface area contributed by atoms with Crippen LogP contribution in [0.3, 0.4) is 0 Å². The Morgan fingerprint density at radius 3 is 2.56 bits per heavy atom. The number of benzene rings is 1. The van der Waals surface area contributed by atoms with Gasteiger partial charge in [0.15, 0.2) is 5.78 Å². The Bertz CT molecular complexity index is 556. The van der Waals surface area contributed by atoms with E-state index in [1.165, 1.54) is 4.57 Å². The molecule has 1 heterocycles. The van der Waals surface area contributed by atoms with E-state index in [1.807, 2.05) is 12.1 Å². The van der Waals surface area contributed by atoms with Crippen LogP contribution in [0.2, 0.25) is 0 Å². The van der Waals surface area contributed by atoms with Gasteiger partial charge in [0.25, 0.3) is 0 Å². The van der Waals surface area contributed by atoms with Crippen LogP contribution in [0.5, 0.6) is 0 Å². The summed E-state index contributed by atoms with van der Waals surface area (Å²) in [6.45, 7) is 0.101. The van der Waals surface area contributed by atoms with Crippen LogP contribution in [-0.4, -0.2) is 10.4 Å². The SMILES string of the molecule is O=C(Cn1ccsc1=O)c1ccc(Br)cc1. The minimum atomic E-state index is -0.106. The maximum atomic E-state index is 11.8. The maximum Gasteiger partial charge on any atom is 0.307 e. The zero-order valence-electron chi connectivity index (χ0n) is 8.22. The molecule has 0 N–H and O–H groups in total. The summed E-state index contributed by atoms with van der Waals surface area (Å²) < 4.78 is 2.34. The first-order valence-electron chi connectivity index (χ1n) is 4.59. The lowest BCUT2D eigenvalue weighted by Crippen LogP contribution is -2.18. The Kier molecular flexibility index (Phi) is 3.36. The molecule has 0 aliphatic heterocycles. The van der Waals surface area contributed by atoms with Crippen molar-refractivity contribution in [2.45, 2.75) is 6.54 Å². The lowest BCUT2D eigenvalue weighted by Gasteiger charge is -2.01. The van der Waals surface area contributed by atoms with E-state index < -0.39 is 0 Å². The summed E-state index contributed by atoms with van der Waals surface area (Å²) in [5.74, 6) is -0.0620. The summed E-state index contributed by atoms with van der Waals surface area (Å²) in [6.07, 6.45) is 1.63. The summed E-state index contributed by atoms with van der Waals surface area (Å²) in [5, 5.41) is 1.68. The highest BCUT2D eigenvalue weighted by molar-refractivity contribution is 9.10. The molecule has 0 fully saturated rings. The fourth-order valence-corrected chi connectivity index (χ4v) is 2.14. The normalized spacial score (nSPS) is 10.3. The van der Waals surface area contributed by atoms with Gasteiger partial charge in [-0.05, 0) is 12.1 Å².